The third kappa shape index (κ3) is 8.59. The van der Waals surface area contributed by atoms with E-state index in [2.05, 4.69) is 14.2 Å². The van der Waals surface area contributed by atoms with Crippen LogP contribution in [-0.2, 0) is 14.2 Å². The zero-order valence-corrected chi connectivity index (χ0v) is 24.5. The zero-order chi connectivity index (χ0) is 36.0. The van der Waals surface area contributed by atoms with Crippen LogP contribution in [0, 0.1) is 5.92 Å². The van der Waals surface area contributed by atoms with Gasteiger partial charge in [0.25, 0.3) is 5.97 Å². The first kappa shape index (κ1) is 43.7. The summed E-state index contributed by atoms with van der Waals surface area (Å²) in [5, 5.41) is 0. The van der Waals surface area contributed by atoms with Gasteiger partial charge < -0.3 is 14.2 Å². The van der Waals surface area contributed by atoms with E-state index in [9.17, 15) is 65.9 Å². The molecule has 0 saturated heterocycles. The lowest BCUT2D eigenvalue weighted by Gasteiger charge is -2.46. The molecule has 3 nitrogen and oxygen atoms in total. The minimum absolute atomic E-state index is 0.0414. The predicted octanol–water partition coefficient (Wildman–Crippen LogP) is 10.5. The van der Waals surface area contributed by atoms with E-state index in [1.165, 1.54) is 0 Å². The van der Waals surface area contributed by atoms with E-state index in [4.69, 9.17) is 0 Å². The number of ether oxygens (including phenoxy) is 3. The molecule has 0 aliphatic rings. The van der Waals surface area contributed by atoms with Crippen molar-refractivity contribution in [1.82, 2.24) is 0 Å². The van der Waals surface area contributed by atoms with Crippen molar-refractivity contribution in [3.8, 4) is 0 Å². The van der Waals surface area contributed by atoms with Gasteiger partial charge in [-0.05, 0) is 19.3 Å². The van der Waals surface area contributed by atoms with Crippen LogP contribution in [0.2, 0.25) is 0 Å². The Kier molecular flexibility index (Phi) is 14.8. The van der Waals surface area contributed by atoms with Crippen molar-refractivity contribution in [3.05, 3.63) is 0 Å². The summed E-state index contributed by atoms with van der Waals surface area (Å²) in [5.41, 5.74) is 0. The zero-order valence-electron chi connectivity index (χ0n) is 24.5. The second kappa shape index (κ2) is 15.3. The fourth-order valence-corrected chi connectivity index (χ4v) is 4.46. The molecule has 0 spiro atoms. The molecule has 0 amide bonds. The van der Waals surface area contributed by atoms with Gasteiger partial charge >= 0.3 is 47.6 Å². The summed E-state index contributed by atoms with van der Waals surface area (Å²) in [6.07, 6.45) is -12.6. The molecule has 20 heteroatoms. The van der Waals surface area contributed by atoms with E-state index in [1.54, 1.807) is 6.92 Å². The molecule has 0 heterocycles. The standard InChI is InChI=1S/C25H35F17O3/c1-5-6-7-8-9-10-13-16(20(43-2,44-3)45-4)19(31,32)22(35,36)24(39,40)25(41,42)23(37,38)21(33,34)17(26,27)14-11-12-15-18(28,29)30/h16H,5-15H2,1-4H3. The van der Waals surface area contributed by atoms with E-state index >= 15 is 8.78 Å². The molecule has 0 aromatic rings. The van der Waals surface area contributed by atoms with Crippen molar-refractivity contribution in [2.75, 3.05) is 21.3 Å². The quantitative estimate of drug-likeness (QED) is 0.0637. The maximum Gasteiger partial charge on any atom is 0.389 e. The number of hydrogen-bond acceptors (Lipinski definition) is 3. The monoisotopic (exact) mass is 706 g/mol. The lowest BCUT2D eigenvalue weighted by atomic mass is 9.81. The van der Waals surface area contributed by atoms with Gasteiger partial charge in [-0.3, -0.25) is 0 Å². The van der Waals surface area contributed by atoms with Gasteiger partial charge in [-0.2, -0.15) is 74.6 Å². The van der Waals surface area contributed by atoms with E-state index in [0.717, 1.165) is 0 Å². The topological polar surface area (TPSA) is 27.7 Å². The summed E-state index contributed by atoms with van der Waals surface area (Å²) in [7, 11) is 1.40. The Hall–Kier alpha value is -1.31. The van der Waals surface area contributed by atoms with Crippen LogP contribution in [0.1, 0.15) is 77.6 Å². The Morgan fingerprint density at radius 2 is 0.822 bits per heavy atom. The molecule has 0 saturated carbocycles. The molecule has 1 atom stereocenters. The molecule has 0 aromatic carbocycles. The third-order valence-electron chi connectivity index (χ3n) is 7.22. The Morgan fingerprint density at radius 1 is 0.444 bits per heavy atom. The average molecular weight is 707 g/mol. The van der Waals surface area contributed by atoms with Crippen molar-refractivity contribution in [2.24, 2.45) is 5.92 Å². The van der Waals surface area contributed by atoms with E-state index < -0.39 is 98.1 Å². The van der Waals surface area contributed by atoms with Crippen LogP contribution in [0.15, 0.2) is 0 Å². The molecule has 0 N–H and O–H groups in total. The maximum atomic E-state index is 15.3. The molecule has 272 valence electrons. The van der Waals surface area contributed by atoms with Crippen LogP contribution in [0.3, 0.4) is 0 Å². The van der Waals surface area contributed by atoms with Gasteiger partial charge in [-0.25, -0.2) is 0 Å². The smallest absolute Gasteiger partial charge is 0.330 e. The van der Waals surface area contributed by atoms with Crippen LogP contribution < -0.4 is 0 Å². The van der Waals surface area contributed by atoms with Gasteiger partial charge in [0.1, 0.15) is 5.92 Å². The molecule has 0 aromatic heterocycles. The highest BCUT2D eigenvalue weighted by molar-refractivity contribution is 5.15. The normalized spacial score (nSPS) is 15.9. The number of alkyl halides is 17. The van der Waals surface area contributed by atoms with Gasteiger partial charge in [0.05, 0.1) is 0 Å². The summed E-state index contributed by atoms with van der Waals surface area (Å²) < 4.78 is 253. The van der Waals surface area contributed by atoms with E-state index in [0.29, 0.717) is 40.6 Å². The molecule has 0 bridgehead atoms. The fraction of sp³-hybridized carbons (Fsp3) is 1.00. The first-order valence-electron chi connectivity index (χ1n) is 13.4. The van der Waals surface area contributed by atoms with Gasteiger partial charge in [0, 0.05) is 34.2 Å². The van der Waals surface area contributed by atoms with Crippen LogP contribution >= 0.6 is 0 Å². The number of halogens is 17. The number of unbranched alkanes of at least 4 members (excludes halogenated alkanes) is 6. The third-order valence-corrected chi connectivity index (χ3v) is 7.22. The van der Waals surface area contributed by atoms with Crippen molar-refractivity contribution < 1.29 is 88.8 Å². The summed E-state index contributed by atoms with van der Waals surface area (Å²) in [6.45, 7) is 1.79. The highest BCUT2D eigenvalue weighted by atomic mass is 19.4. The van der Waals surface area contributed by atoms with Gasteiger partial charge in [0.15, 0.2) is 0 Å². The molecule has 0 aliphatic carbocycles. The van der Waals surface area contributed by atoms with E-state index in [1.807, 2.05) is 0 Å². The molecule has 0 rings (SSSR count). The lowest BCUT2D eigenvalue weighted by Crippen LogP contribution is -2.74. The van der Waals surface area contributed by atoms with Gasteiger partial charge in [-0.15, -0.1) is 0 Å². The largest absolute Gasteiger partial charge is 0.389 e. The maximum absolute atomic E-state index is 15.3. The minimum atomic E-state index is -8.33. The second-order valence-corrected chi connectivity index (χ2v) is 10.3. The Labute approximate surface area is 248 Å². The average Bonchev–Trinajstić information content (AvgIpc) is 2.91. The highest BCUT2D eigenvalue weighted by Crippen LogP contribution is 2.64. The van der Waals surface area contributed by atoms with Crippen molar-refractivity contribution in [3.63, 3.8) is 0 Å². The molecule has 45 heavy (non-hydrogen) atoms. The summed E-state index contributed by atoms with van der Waals surface area (Å²) in [5.74, 6) is -60.1. The first-order chi connectivity index (χ1) is 20.1. The predicted molar refractivity (Wildman–Crippen MR) is 124 cm³/mol. The Balaban J connectivity index is 6.70. The second-order valence-electron chi connectivity index (χ2n) is 10.3. The van der Waals surface area contributed by atoms with E-state index in [-0.39, 0.29) is 12.8 Å². The summed E-state index contributed by atoms with van der Waals surface area (Å²) >= 11 is 0. The first-order valence-corrected chi connectivity index (χ1v) is 13.4. The van der Waals surface area contributed by atoms with Gasteiger partial charge in [0.2, 0.25) is 0 Å². The Morgan fingerprint density at radius 3 is 1.24 bits per heavy atom. The Bertz CT molecular complexity index is 878. The molecular formula is C25H35F17O3. The highest BCUT2D eigenvalue weighted by Gasteiger charge is 2.93. The van der Waals surface area contributed by atoms with Crippen molar-refractivity contribution in [1.29, 1.82) is 0 Å². The minimum Gasteiger partial charge on any atom is -0.330 e. The molecule has 0 radical (unpaired) electrons. The van der Waals surface area contributed by atoms with Crippen LogP contribution in [-0.4, -0.2) is 74.9 Å². The SMILES string of the molecule is CCCCCCCCC(C(OC)(OC)OC)C(F)(F)C(F)(F)C(F)(F)C(F)(F)C(F)(F)C(F)(F)C(F)(F)CCCCC(F)(F)F. The van der Waals surface area contributed by atoms with Crippen molar-refractivity contribution >= 4 is 0 Å². The van der Waals surface area contributed by atoms with Crippen molar-refractivity contribution in [2.45, 2.75) is 131 Å². The molecule has 0 fully saturated rings. The van der Waals surface area contributed by atoms with Gasteiger partial charge in [-0.1, -0.05) is 45.4 Å². The summed E-state index contributed by atoms with van der Waals surface area (Å²) in [4.78, 5) is 0. The molecule has 0 aliphatic heterocycles. The lowest BCUT2D eigenvalue weighted by molar-refractivity contribution is -0.464. The number of rotatable bonds is 22. The van der Waals surface area contributed by atoms with Crippen LogP contribution in [0.4, 0.5) is 74.6 Å². The molecular weight excluding hydrogens is 671 g/mol. The summed E-state index contributed by atoms with van der Waals surface area (Å²) in [6, 6.07) is 0. The fourth-order valence-electron chi connectivity index (χ4n) is 4.46. The molecule has 1 unspecified atom stereocenters. The van der Waals surface area contributed by atoms with Crippen LogP contribution in [0.25, 0.3) is 0 Å². The van der Waals surface area contributed by atoms with Crippen LogP contribution in [0.5, 0.6) is 0 Å². The number of methoxy groups -OCH3 is 3. The number of hydrogen-bond donors (Lipinski definition) is 0.